The topological polar surface area (TPSA) is 95.6 Å². The summed E-state index contributed by atoms with van der Waals surface area (Å²) in [5, 5.41) is 5.12. The van der Waals surface area contributed by atoms with Crippen LogP contribution in [0.2, 0.25) is 0 Å². The zero-order valence-electron chi connectivity index (χ0n) is 14.2. The molecule has 0 atom stereocenters. The SMILES string of the molecule is CC(=O)Nc1ccc(NC(=O)CN(c2ccccc2F)S(C)(=O)=O)cc1. The number of amides is 2. The van der Waals surface area contributed by atoms with Crippen molar-refractivity contribution < 1.29 is 22.4 Å². The highest BCUT2D eigenvalue weighted by molar-refractivity contribution is 7.92. The number of nitrogens with one attached hydrogen (secondary N) is 2. The van der Waals surface area contributed by atoms with Crippen molar-refractivity contribution >= 4 is 38.9 Å². The summed E-state index contributed by atoms with van der Waals surface area (Å²) in [6, 6.07) is 11.6. The molecule has 2 aromatic carbocycles. The quantitative estimate of drug-likeness (QED) is 0.804. The number of hydrogen-bond acceptors (Lipinski definition) is 4. The summed E-state index contributed by atoms with van der Waals surface area (Å²) in [5.74, 6) is -1.60. The fourth-order valence-electron chi connectivity index (χ4n) is 2.21. The van der Waals surface area contributed by atoms with Gasteiger partial charge in [0.2, 0.25) is 21.8 Å². The van der Waals surface area contributed by atoms with Crippen LogP contribution in [0.4, 0.5) is 21.5 Å². The van der Waals surface area contributed by atoms with E-state index in [0.717, 1.165) is 12.3 Å². The number of hydrogen-bond donors (Lipinski definition) is 2. The van der Waals surface area contributed by atoms with Gasteiger partial charge in [-0.05, 0) is 36.4 Å². The number of anilines is 3. The third-order valence-corrected chi connectivity index (χ3v) is 4.42. The van der Waals surface area contributed by atoms with Gasteiger partial charge >= 0.3 is 0 Å². The first-order valence-corrected chi connectivity index (χ1v) is 9.41. The lowest BCUT2D eigenvalue weighted by Crippen LogP contribution is -2.38. The molecule has 2 amide bonds. The smallest absolute Gasteiger partial charge is 0.245 e. The zero-order chi connectivity index (χ0) is 19.3. The van der Waals surface area contributed by atoms with Crippen LogP contribution in [0.15, 0.2) is 48.5 Å². The van der Waals surface area contributed by atoms with E-state index < -0.39 is 28.3 Å². The first-order valence-electron chi connectivity index (χ1n) is 7.56. The third-order valence-electron chi connectivity index (χ3n) is 3.30. The summed E-state index contributed by atoms with van der Waals surface area (Å²) in [7, 11) is -3.86. The van der Waals surface area contributed by atoms with Crippen molar-refractivity contribution in [3.05, 3.63) is 54.3 Å². The standard InChI is InChI=1S/C17H18FN3O4S/c1-12(22)19-13-7-9-14(10-8-13)20-17(23)11-21(26(2,24)25)16-6-4-3-5-15(16)18/h3-10H,11H2,1-2H3,(H,19,22)(H,20,23). The molecule has 0 saturated carbocycles. The van der Waals surface area contributed by atoms with Crippen LogP contribution >= 0.6 is 0 Å². The predicted octanol–water partition coefficient (Wildman–Crippen LogP) is 2.19. The average Bonchev–Trinajstić information content (AvgIpc) is 2.54. The molecule has 0 spiro atoms. The summed E-state index contributed by atoms with van der Waals surface area (Å²) < 4.78 is 38.5. The van der Waals surface area contributed by atoms with Gasteiger partial charge in [-0.25, -0.2) is 12.8 Å². The van der Waals surface area contributed by atoms with Crippen LogP contribution in [-0.2, 0) is 19.6 Å². The van der Waals surface area contributed by atoms with E-state index in [1.165, 1.54) is 25.1 Å². The Morgan fingerprint density at radius 3 is 2.04 bits per heavy atom. The van der Waals surface area contributed by atoms with Crippen molar-refractivity contribution in [3.8, 4) is 0 Å². The molecule has 0 aliphatic carbocycles. The van der Waals surface area contributed by atoms with Crippen molar-refractivity contribution in [3.63, 3.8) is 0 Å². The number of carbonyl (C=O) groups excluding carboxylic acids is 2. The fraction of sp³-hybridized carbons (Fsp3) is 0.176. The maximum absolute atomic E-state index is 13.9. The van der Waals surface area contributed by atoms with E-state index in [4.69, 9.17) is 0 Å². The molecule has 138 valence electrons. The van der Waals surface area contributed by atoms with E-state index in [9.17, 15) is 22.4 Å². The highest BCUT2D eigenvalue weighted by Crippen LogP contribution is 2.21. The summed E-state index contributed by atoms with van der Waals surface area (Å²) >= 11 is 0. The van der Waals surface area contributed by atoms with Crippen molar-refractivity contribution in [2.75, 3.05) is 27.7 Å². The van der Waals surface area contributed by atoms with E-state index in [2.05, 4.69) is 10.6 Å². The molecule has 0 aliphatic heterocycles. The Kier molecular flexibility index (Phi) is 5.93. The van der Waals surface area contributed by atoms with Gasteiger partial charge in [-0.1, -0.05) is 12.1 Å². The number of para-hydroxylation sites is 1. The van der Waals surface area contributed by atoms with Gasteiger partial charge in [-0.3, -0.25) is 13.9 Å². The van der Waals surface area contributed by atoms with Gasteiger partial charge in [0, 0.05) is 18.3 Å². The molecular weight excluding hydrogens is 361 g/mol. The molecule has 0 radical (unpaired) electrons. The van der Waals surface area contributed by atoms with Crippen LogP contribution in [0, 0.1) is 5.82 Å². The number of rotatable bonds is 6. The Labute approximate surface area is 150 Å². The van der Waals surface area contributed by atoms with E-state index >= 15 is 0 Å². The largest absolute Gasteiger partial charge is 0.326 e. The van der Waals surface area contributed by atoms with Crippen molar-refractivity contribution in [1.29, 1.82) is 0 Å². The number of nitrogens with zero attached hydrogens (tertiary/aromatic N) is 1. The highest BCUT2D eigenvalue weighted by Gasteiger charge is 2.23. The van der Waals surface area contributed by atoms with Gasteiger partial charge < -0.3 is 10.6 Å². The molecule has 0 saturated heterocycles. The van der Waals surface area contributed by atoms with Crippen LogP contribution < -0.4 is 14.9 Å². The average molecular weight is 379 g/mol. The Balaban J connectivity index is 2.13. The lowest BCUT2D eigenvalue weighted by molar-refractivity contribution is -0.115. The first kappa shape index (κ1) is 19.4. The Morgan fingerprint density at radius 1 is 1.00 bits per heavy atom. The molecule has 0 bridgehead atoms. The number of benzene rings is 2. The summed E-state index contributed by atoms with van der Waals surface area (Å²) in [4.78, 5) is 23.2. The van der Waals surface area contributed by atoms with Crippen LogP contribution in [-0.4, -0.2) is 33.0 Å². The molecule has 0 heterocycles. The zero-order valence-corrected chi connectivity index (χ0v) is 15.0. The minimum absolute atomic E-state index is 0.203. The van der Waals surface area contributed by atoms with Gasteiger partial charge in [0.25, 0.3) is 0 Å². The molecule has 0 fully saturated rings. The lowest BCUT2D eigenvalue weighted by Gasteiger charge is -2.22. The molecule has 7 nitrogen and oxygen atoms in total. The molecule has 0 aromatic heterocycles. The summed E-state index contributed by atoms with van der Waals surface area (Å²) in [6.07, 6.45) is 0.898. The van der Waals surface area contributed by atoms with E-state index in [-0.39, 0.29) is 11.6 Å². The summed E-state index contributed by atoms with van der Waals surface area (Å²) in [6.45, 7) is 0.797. The Morgan fingerprint density at radius 2 is 1.54 bits per heavy atom. The van der Waals surface area contributed by atoms with Gasteiger partial charge in [-0.15, -0.1) is 0 Å². The maximum atomic E-state index is 13.9. The van der Waals surface area contributed by atoms with Crippen molar-refractivity contribution in [2.24, 2.45) is 0 Å². The minimum atomic E-state index is -3.86. The Hall–Kier alpha value is -2.94. The van der Waals surface area contributed by atoms with Gasteiger partial charge in [0.05, 0.1) is 11.9 Å². The number of halogens is 1. The van der Waals surface area contributed by atoms with Crippen LogP contribution in [0.25, 0.3) is 0 Å². The van der Waals surface area contributed by atoms with E-state index in [1.807, 2.05) is 0 Å². The second-order valence-electron chi connectivity index (χ2n) is 5.53. The number of sulfonamides is 1. The molecule has 0 unspecified atom stereocenters. The third kappa shape index (κ3) is 5.28. The monoisotopic (exact) mass is 379 g/mol. The van der Waals surface area contributed by atoms with E-state index in [1.54, 1.807) is 24.3 Å². The second-order valence-corrected chi connectivity index (χ2v) is 7.43. The van der Waals surface area contributed by atoms with Crippen LogP contribution in [0.3, 0.4) is 0 Å². The second kappa shape index (κ2) is 7.96. The van der Waals surface area contributed by atoms with Crippen molar-refractivity contribution in [1.82, 2.24) is 0 Å². The number of carbonyl (C=O) groups is 2. The highest BCUT2D eigenvalue weighted by atomic mass is 32.2. The minimum Gasteiger partial charge on any atom is -0.326 e. The van der Waals surface area contributed by atoms with Crippen LogP contribution in [0.1, 0.15) is 6.92 Å². The Bertz CT molecular complexity index is 914. The fourth-order valence-corrected chi connectivity index (χ4v) is 3.06. The van der Waals surface area contributed by atoms with E-state index in [0.29, 0.717) is 15.7 Å². The molecule has 0 aliphatic rings. The molecular formula is C17H18FN3O4S. The summed E-state index contributed by atoms with van der Waals surface area (Å²) in [5.41, 5.74) is 0.761. The molecule has 2 aromatic rings. The first-order chi connectivity index (χ1) is 12.2. The molecule has 26 heavy (non-hydrogen) atoms. The molecule has 2 rings (SSSR count). The molecule has 9 heteroatoms. The van der Waals surface area contributed by atoms with Gasteiger partial charge in [-0.2, -0.15) is 0 Å². The molecule has 2 N–H and O–H groups in total. The van der Waals surface area contributed by atoms with Crippen molar-refractivity contribution in [2.45, 2.75) is 6.92 Å². The van der Waals surface area contributed by atoms with Gasteiger partial charge in [0.1, 0.15) is 12.4 Å². The maximum Gasteiger partial charge on any atom is 0.245 e. The van der Waals surface area contributed by atoms with Gasteiger partial charge in [0.15, 0.2) is 0 Å². The predicted molar refractivity (Wildman–Crippen MR) is 98.0 cm³/mol. The normalized spacial score (nSPS) is 10.9. The van der Waals surface area contributed by atoms with Crippen LogP contribution in [0.5, 0.6) is 0 Å². The lowest BCUT2D eigenvalue weighted by atomic mass is 10.2.